The Morgan fingerprint density at radius 3 is 2.21 bits per heavy atom. The molecule has 104 valence electrons. The van der Waals surface area contributed by atoms with Crippen molar-refractivity contribution in [1.29, 1.82) is 5.26 Å². The number of anilines is 1. The summed E-state index contributed by atoms with van der Waals surface area (Å²) in [6, 6.07) is 4.05. The molecular weight excluding hydrogens is 274 g/mol. The molecule has 0 amide bonds. The summed E-state index contributed by atoms with van der Waals surface area (Å²) in [5.41, 5.74) is -1.86. The lowest BCUT2D eigenvalue weighted by Gasteiger charge is -2.13. The first kappa shape index (κ1) is 15.1. The first-order valence-electron chi connectivity index (χ1n) is 5.05. The molecule has 1 aromatic carbocycles. The van der Waals surface area contributed by atoms with Crippen LogP contribution in [0.2, 0.25) is 0 Å². The van der Waals surface area contributed by atoms with Gasteiger partial charge in [0.25, 0.3) is 0 Å². The summed E-state index contributed by atoms with van der Waals surface area (Å²) < 4.78 is 73.4. The van der Waals surface area contributed by atoms with E-state index in [0.29, 0.717) is 6.07 Å². The summed E-state index contributed by atoms with van der Waals surface area (Å²) in [6.07, 6.45) is -10.3. The van der Waals surface area contributed by atoms with Crippen molar-refractivity contribution in [3.05, 3.63) is 29.3 Å². The van der Waals surface area contributed by atoms with Crippen molar-refractivity contribution < 1.29 is 26.3 Å². The number of nitriles is 1. The molecule has 0 spiro atoms. The predicted octanol–water partition coefficient (Wildman–Crippen LogP) is 3.94. The summed E-state index contributed by atoms with van der Waals surface area (Å²) >= 11 is 0. The Kier molecular flexibility index (Phi) is 4.29. The molecule has 19 heavy (non-hydrogen) atoms. The van der Waals surface area contributed by atoms with Crippen LogP contribution in [0.25, 0.3) is 0 Å². The molecule has 0 saturated carbocycles. The lowest BCUT2D eigenvalue weighted by molar-refractivity contribution is -0.138. The molecule has 0 unspecified atom stereocenters. The zero-order valence-electron chi connectivity index (χ0n) is 9.36. The molecule has 1 rings (SSSR count). The maximum atomic E-state index is 12.6. The topological polar surface area (TPSA) is 35.8 Å². The van der Waals surface area contributed by atoms with Crippen LogP contribution in [-0.4, -0.2) is 12.7 Å². The standard InChI is InChI=1S/C11H8F6N2/c12-10(13,14)3-4-19-8-2-1-7(6-18)9(5-8)11(15,16)17/h1-2,5,19H,3-4H2. The van der Waals surface area contributed by atoms with E-state index in [2.05, 4.69) is 5.32 Å². The molecule has 0 fully saturated rings. The van der Waals surface area contributed by atoms with Gasteiger partial charge in [0.2, 0.25) is 0 Å². The van der Waals surface area contributed by atoms with Crippen LogP contribution in [0.1, 0.15) is 17.5 Å². The number of hydrogen-bond acceptors (Lipinski definition) is 2. The van der Waals surface area contributed by atoms with Gasteiger partial charge in [-0.2, -0.15) is 31.6 Å². The van der Waals surface area contributed by atoms with Gasteiger partial charge in [-0.25, -0.2) is 0 Å². The van der Waals surface area contributed by atoms with E-state index >= 15 is 0 Å². The number of nitrogens with zero attached hydrogens (tertiary/aromatic N) is 1. The largest absolute Gasteiger partial charge is 0.417 e. The molecule has 1 N–H and O–H groups in total. The summed E-state index contributed by atoms with van der Waals surface area (Å²) in [4.78, 5) is 0. The number of benzene rings is 1. The Hall–Kier alpha value is -1.91. The number of hydrogen-bond donors (Lipinski definition) is 1. The minimum atomic E-state index is -4.73. The highest BCUT2D eigenvalue weighted by Crippen LogP contribution is 2.33. The molecule has 0 aliphatic heterocycles. The van der Waals surface area contributed by atoms with Gasteiger partial charge in [-0.1, -0.05) is 0 Å². The molecule has 0 heterocycles. The first-order valence-corrected chi connectivity index (χ1v) is 5.05. The number of halogens is 6. The number of rotatable bonds is 3. The quantitative estimate of drug-likeness (QED) is 0.852. The zero-order valence-corrected chi connectivity index (χ0v) is 9.36. The van der Waals surface area contributed by atoms with E-state index in [1.165, 1.54) is 6.07 Å². The Labute approximate surface area is 104 Å². The molecule has 0 aromatic heterocycles. The third kappa shape index (κ3) is 4.69. The third-order valence-electron chi connectivity index (χ3n) is 2.18. The van der Waals surface area contributed by atoms with Crippen molar-refractivity contribution in [2.75, 3.05) is 11.9 Å². The Morgan fingerprint density at radius 1 is 1.11 bits per heavy atom. The molecular formula is C11H8F6N2. The lowest BCUT2D eigenvalue weighted by Crippen LogP contribution is -2.15. The Bertz CT molecular complexity index is 483. The van der Waals surface area contributed by atoms with Gasteiger partial charge in [0, 0.05) is 12.2 Å². The molecule has 2 nitrogen and oxygen atoms in total. The SMILES string of the molecule is N#Cc1ccc(NCCC(F)(F)F)cc1C(F)(F)F. The van der Waals surface area contributed by atoms with E-state index < -0.39 is 36.4 Å². The van der Waals surface area contributed by atoms with E-state index in [1.807, 2.05) is 0 Å². The molecule has 0 radical (unpaired) electrons. The van der Waals surface area contributed by atoms with Crippen LogP contribution in [0, 0.1) is 11.3 Å². The average Bonchev–Trinajstić information content (AvgIpc) is 2.26. The average molecular weight is 282 g/mol. The van der Waals surface area contributed by atoms with Crippen LogP contribution in [0.15, 0.2) is 18.2 Å². The smallest absolute Gasteiger partial charge is 0.385 e. The second-order valence-corrected chi connectivity index (χ2v) is 3.66. The third-order valence-corrected chi connectivity index (χ3v) is 2.18. The molecule has 0 atom stereocenters. The molecule has 8 heteroatoms. The maximum Gasteiger partial charge on any atom is 0.417 e. The van der Waals surface area contributed by atoms with Crippen molar-refractivity contribution in [2.24, 2.45) is 0 Å². The minimum Gasteiger partial charge on any atom is -0.385 e. The summed E-state index contributed by atoms with van der Waals surface area (Å²) in [6.45, 7) is -0.535. The second kappa shape index (κ2) is 5.38. The van der Waals surface area contributed by atoms with Gasteiger partial charge in [0.05, 0.1) is 23.6 Å². The van der Waals surface area contributed by atoms with E-state index in [0.717, 1.165) is 12.1 Å². The van der Waals surface area contributed by atoms with Gasteiger partial charge >= 0.3 is 12.4 Å². The van der Waals surface area contributed by atoms with Gasteiger partial charge in [0.15, 0.2) is 0 Å². The highest BCUT2D eigenvalue weighted by molar-refractivity contribution is 5.53. The van der Waals surface area contributed by atoms with Crippen molar-refractivity contribution >= 4 is 5.69 Å². The first-order chi connectivity index (χ1) is 8.63. The maximum absolute atomic E-state index is 12.6. The van der Waals surface area contributed by atoms with Crippen LogP contribution in [-0.2, 0) is 6.18 Å². The van der Waals surface area contributed by atoms with Crippen LogP contribution in [0.3, 0.4) is 0 Å². The van der Waals surface area contributed by atoms with Gasteiger partial charge in [-0.3, -0.25) is 0 Å². The minimum absolute atomic E-state index is 0.115. The normalized spacial score (nSPS) is 12.1. The predicted molar refractivity (Wildman–Crippen MR) is 55.3 cm³/mol. The van der Waals surface area contributed by atoms with E-state index in [1.54, 1.807) is 0 Å². The fourth-order valence-electron chi connectivity index (χ4n) is 1.33. The summed E-state index contributed by atoms with van der Waals surface area (Å²) in [5.74, 6) is 0. The zero-order chi connectivity index (χ0) is 14.7. The highest BCUT2D eigenvalue weighted by atomic mass is 19.4. The van der Waals surface area contributed by atoms with E-state index in [9.17, 15) is 26.3 Å². The van der Waals surface area contributed by atoms with Crippen LogP contribution >= 0.6 is 0 Å². The van der Waals surface area contributed by atoms with Gasteiger partial charge in [-0.15, -0.1) is 0 Å². The Balaban J connectivity index is 2.86. The molecule has 0 aliphatic rings. The van der Waals surface area contributed by atoms with Crippen LogP contribution in [0.4, 0.5) is 32.0 Å². The fraction of sp³-hybridized carbons (Fsp3) is 0.364. The van der Waals surface area contributed by atoms with Gasteiger partial charge < -0.3 is 5.32 Å². The molecule has 0 aliphatic carbocycles. The van der Waals surface area contributed by atoms with Crippen LogP contribution in [0.5, 0.6) is 0 Å². The lowest BCUT2D eigenvalue weighted by atomic mass is 10.1. The number of alkyl halides is 6. The van der Waals surface area contributed by atoms with Crippen molar-refractivity contribution in [3.63, 3.8) is 0 Å². The second-order valence-electron chi connectivity index (χ2n) is 3.66. The van der Waals surface area contributed by atoms with Crippen molar-refractivity contribution in [1.82, 2.24) is 0 Å². The summed E-state index contributed by atoms with van der Waals surface area (Å²) in [7, 11) is 0. The van der Waals surface area contributed by atoms with Gasteiger partial charge in [-0.05, 0) is 18.2 Å². The number of nitrogens with one attached hydrogen (secondary N) is 1. The van der Waals surface area contributed by atoms with Gasteiger partial charge in [0.1, 0.15) is 0 Å². The highest BCUT2D eigenvalue weighted by Gasteiger charge is 2.34. The van der Waals surface area contributed by atoms with E-state index in [4.69, 9.17) is 5.26 Å². The fourth-order valence-corrected chi connectivity index (χ4v) is 1.33. The van der Waals surface area contributed by atoms with E-state index in [-0.39, 0.29) is 5.69 Å². The summed E-state index contributed by atoms with van der Waals surface area (Å²) in [5, 5.41) is 10.8. The van der Waals surface area contributed by atoms with Crippen LogP contribution < -0.4 is 5.32 Å². The Morgan fingerprint density at radius 2 is 1.74 bits per heavy atom. The molecule has 0 saturated heterocycles. The van der Waals surface area contributed by atoms with Crippen molar-refractivity contribution in [2.45, 2.75) is 18.8 Å². The molecule has 1 aromatic rings. The molecule has 0 bridgehead atoms. The van der Waals surface area contributed by atoms with Crippen molar-refractivity contribution in [3.8, 4) is 6.07 Å². The monoisotopic (exact) mass is 282 g/mol.